The molecule has 1 aliphatic heterocycles. The number of guanidine groups is 1. The Balaban J connectivity index is 1.77. The fourth-order valence-electron chi connectivity index (χ4n) is 3.51. The molecule has 1 saturated heterocycles. The van der Waals surface area contributed by atoms with Gasteiger partial charge in [-0.05, 0) is 44.9 Å². The maximum Gasteiger partial charge on any atom is 0.240 e. The molecule has 0 aliphatic carbocycles. The number of hydrogen-bond donors (Lipinski definition) is 3. The largest absolute Gasteiger partial charge is 0.357 e. The standard InChI is InChI=1S/C20H35N5O2S/c1-3-18-10-8-9-16-25(18)17-15-23-20(21-4-2)22-13-14-24-28(26,27)19-11-6-5-7-12-19/h5-7,11-12,18,24H,3-4,8-10,13-17H2,1-2H3,(H2,21,22,23). The zero-order valence-corrected chi connectivity index (χ0v) is 18.0. The van der Waals surface area contributed by atoms with E-state index in [1.807, 2.05) is 6.92 Å². The summed E-state index contributed by atoms with van der Waals surface area (Å²) in [5, 5.41) is 6.58. The molecule has 1 unspecified atom stereocenters. The highest BCUT2D eigenvalue weighted by atomic mass is 32.2. The number of rotatable bonds is 10. The van der Waals surface area contributed by atoms with Crippen molar-refractivity contribution in [1.82, 2.24) is 20.3 Å². The lowest BCUT2D eigenvalue weighted by molar-refractivity contribution is 0.147. The lowest BCUT2D eigenvalue weighted by Crippen LogP contribution is -2.46. The minimum Gasteiger partial charge on any atom is -0.357 e. The number of piperidine rings is 1. The first-order valence-electron chi connectivity index (χ1n) is 10.4. The summed E-state index contributed by atoms with van der Waals surface area (Å²) in [4.78, 5) is 7.32. The predicted octanol–water partition coefficient (Wildman–Crippen LogP) is 1.78. The number of hydrogen-bond acceptors (Lipinski definition) is 4. The average Bonchev–Trinajstić information content (AvgIpc) is 2.72. The van der Waals surface area contributed by atoms with Crippen molar-refractivity contribution in [1.29, 1.82) is 0 Å². The number of nitrogens with zero attached hydrogens (tertiary/aromatic N) is 2. The number of nitrogens with one attached hydrogen (secondary N) is 3. The third kappa shape index (κ3) is 7.41. The van der Waals surface area contributed by atoms with Gasteiger partial charge in [-0.2, -0.15) is 0 Å². The first-order valence-corrected chi connectivity index (χ1v) is 11.9. The smallest absolute Gasteiger partial charge is 0.240 e. The zero-order chi connectivity index (χ0) is 20.2. The van der Waals surface area contributed by atoms with Crippen LogP contribution in [-0.4, -0.2) is 64.6 Å². The Kier molecular flexibility index (Phi) is 9.73. The molecule has 1 heterocycles. The van der Waals surface area contributed by atoms with Crippen LogP contribution in [0.5, 0.6) is 0 Å². The van der Waals surface area contributed by atoms with Gasteiger partial charge < -0.3 is 10.6 Å². The molecule has 0 saturated carbocycles. The highest BCUT2D eigenvalue weighted by molar-refractivity contribution is 7.89. The second-order valence-electron chi connectivity index (χ2n) is 6.99. The number of aliphatic imine (C=N–C) groups is 1. The molecule has 0 spiro atoms. The van der Waals surface area contributed by atoms with E-state index < -0.39 is 10.0 Å². The van der Waals surface area contributed by atoms with Crippen LogP contribution in [0.1, 0.15) is 39.5 Å². The highest BCUT2D eigenvalue weighted by Crippen LogP contribution is 2.18. The lowest BCUT2D eigenvalue weighted by atomic mass is 10.0. The van der Waals surface area contributed by atoms with Crippen molar-refractivity contribution >= 4 is 16.0 Å². The molecule has 1 aliphatic rings. The Morgan fingerprint density at radius 1 is 1.14 bits per heavy atom. The van der Waals surface area contributed by atoms with Crippen molar-refractivity contribution in [3.8, 4) is 0 Å². The molecule has 28 heavy (non-hydrogen) atoms. The molecule has 1 atom stereocenters. The quantitative estimate of drug-likeness (QED) is 0.312. The topological polar surface area (TPSA) is 85.8 Å². The maximum atomic E-state index is 12.2. The van der Waals surface area contributed by atoms with E-state index in [0.29, 0.717) is 12.6 Å². The van der Waals surface area contributed by atoms with Gasteiger partial charge in [-0.1, -0.05) is 31.5 Å². The van der Waals surface area contributed by atoms with Gasteiger partial charge in [-0.3, -0.25) is 9.89 Å². The molecule has 0 amide bonds. The van der Waals surface area contributed by atoms with Crippen molar-refractivity contribution in [2.75, 3.05) is 39.3 Å². The number of likely N-dealkylation sites (tertiary alicyclic amines) is 1. The summed E-state index contributed by atoms with van der Waals surface area (Å²) in [5.74, 6) is 0.728. The Bertz CT molecular complexity index is 694. The molecular weight excluding hydrogens is 374 g/mol. The van der Waals surface area contributed by atoms with Crippen LogP contribution in [0.15, 0.2) is 40.2 Å². The van der Waals surface area contributed by atoms with Crippen molar-refractivity contribution < 1.29 is 8.42 Å². The Labute approximate surface area is 170 Å². The van der Waals surface area contributed by atoms with Gasteiger partial charge in [0.05, 0.1) is 11.4 Å². The van der Waals surface area contributed by atoms with Crippen LogP contribution in [0.4, 0.5) is 0 Å². The van der Waals surface area contributed by atoms with Crippen molar-refractivity contribution in [2.24, 2.45) is 4.99 Å². The van der Waals surface area contributed by atoms with Crippen molar-refractivity contribution in [3.63, 3.8) is 0 Å². The van der Waals surface area contributed by atoms with Gasteiger partial charge in [-0.15, -0.1) is 0 Å². The normalized spacial score (nSPS) is 18.8. The summed E-state index contributed by atoms with van der Waals surface area (Å²) in [7, 11) is -3.48. The average molecular weight is 410 g/mol. The van der Waals surface area contributed by atoms with Crippen LogP contribution in [-0.2, 0) is 10.0 Å². The van der Waals surface area contributed by atoms with Gasteiger partial charge in [0.1, 0.15) is 0 Å². The lowest BCUT2D eigenvalue weighted by Gasteiger charge is -2.35. The first kappa shape index (κ1) is 22.6. The van der Waals surface area contributed by atoms with E-state index in [-0.39, 0.29) is 11.4 Å². The molecular formula is C20H35N5O2S. The molecule has 1 aromatic carbocycles. The third-order valence-electron chi connectivity index (χ3n) is 4.98. The van der Waals surface area contributed by atoms with Gasteiger partial charge in [0.2, 0.25) is 10.0 Å². The molecule has 2 rings (SSSR count). The van der Waals surface area contributed by atoms with Gasteiger partial charge in [-0.25, -0.2) is 13.1 Å². The summed E-state index contributed by atoms with van der Waals surface area (Å²) in [6.45, 7) is 8.70. The molecule has 0 bridgehead atoms. The van der Waals surface area contributed by atoms with E-state index in [0.717, 1.165) is 25.6 Å². The van der Waals surface area contributed by atoms with E-state index in [1.165, 1.54) is 32.2 Å². The Morgan fingerprint density at radius 2 is 1.93 bits per heavy atom. The summed E-state index contributed by atoms with van der Waals surface area (Å²) < 4.78 is 27.0. The molecule has 1 fully saturated rings. The SMILES string of the molecule is CCNC(=NCCNS(=O)(=O)c1ccccc1)NCCN1CCCCC1CC. The Hall–Kier alpha value is -1.64. The molecule has 8 heteroatoms. The first-order chi connectivity index (χ1) is 13.6. The minimum absolute atomic E-state index is 0.262. The van der Waals surface area contributed by atoms with Gasteiger partial charge in [0.15, 0.2) is 5.96 Å². The van der Waals surface area contributed by atoms with E-state index in [4.69, 9.17) is 0 Å². The van der Waals surface area contributed by atoms with E-state index in [9.17, 15) is 8.42 Å². The predicted molar refractivity (Wildman–Crippen MR) is 115 cm³/mol. The summed E-state index contributed by atoms with van der Waals surface area (Å²) in [6, 6.07) is 9.09. The van der Waals surface area contributed by atoms with Crippen LogP contribution in [0.3, 0.4) is 0 Å². The number of benzene rings is 1. The molecule has 158 valence electrons. The second kappa shape index (κ2) is 12.0. The van der Waals surface area contributed by atoms with Gasteiger partial charge >= 0.3 is 0 Å². The second-order valence-corrected chi connectivity index (χ2v) is 8.76. The van der Waals surface area contributed by atoms with Crippen molar-refractivity contribution in [2.45, 2.75) is 50.5 Å². The van der Waals surface area contributed by atoms with Crippen LogP contribution < -0.4 is 15.4 Å². The van der Waals surface area contributed by atoms with E-state index in [2.05, 4.69) is 32.2 Å². The van der Waals surface area contributed by atoms with Crippen molar-refractivity contribution in [3.05, 3.63) is 30.3 Å². The molecule has 0 radical (unpaired) electrons. The van der Waals surface area contributed by atoms with E-state index >= 15 is 0 Å². The minimum atomic E-state index is -3.48. The summed E-state index contributed by atoms with van der Waals surface area (Å²) >= 11 is 0. The van der Waals surface area contributed by atoms with Crippen LogP contribution in [0, 0.1) is 0 Å². The molecule has 3 N–H and O–H groups in total. The van der Waals surface area contributed by atoms with Crippen LogP contribution in [0.25, 0.3) is 0 Å². The zero-order valence-electron chi connectivity index (χ0n) is 17.2. The van der Waals surface area contributed by atoms with Gasteiger partial charge in [0, 0.05) is 32.2 Å². The van der Waals surface area contributed by atoms with Crippen LogP contribution >= 0.6 is 0 Å². The molecule has 7 nitrogen and oxygen atoms in total. The monoisotopic (exact) mass is 409 g/mol. The summed E-state index contributed by atoms with van der Waals surface area (Å²) in [5.41, 5.74) is 0. The maximum absolute atomic E-state index is 12.2. The summed E-state index contributed by atoms with van der Waals surface area (Å²) in [6.07, 6.45) is 5.12. The fraction of sp³-hybridized carbons (Fsp3) is 0.650. The highest BCUT2D eigenvalue weighted by Gasteiger charge is 2.20. The Morgan fingerprint density at radius 3 is 2.64 bits per heavy atom. The fourth-order valence-corrected chi connectivity index (χ4v) is 4.55. The van der Waals surface area contributed by atoms with Crippen LogP contribution in [0.2, 0.25) is 0 Å². The third-order valence-corrected chi connectivity index (χ3v) is 6.46. The molecule has 0 aromatic heterocycles. The number of sulfonamides is 1. The van der Waals surface area contributed by atoms with Gasteiger partial charge in [0.25, 0.3) is 0 Å². The van der Waals surface area contributed by atoms with E-state index in [1.54, 1.807) is 30.3 Å². The molecule has 1 aromatic rings.